The van der Waals surface area contributed by atoms with Gasteiger partial charge >= 0.3 is 0 Å². The number of rotatable bonds is 6. The fourth-order valence-corrected chi connectivity index (χ4v) is 3.23. The molecule has 1 saturated heterocycles. The van der Waals surface area contributed by atoms with Crippen molar-refractivity contribution in [3.63, 3.8) is 0 Å². The maximum atomic E-state index is 13.9. The van der Waals surface area contributed by atoms with Gasteiger partial charge in [-0.25, -0.2) is 13.5 Å². The van der Waals surface area contributed by atoms with Gasteiger partial charge in [-0.1, -0.05) is 0 Å². The van der Waals surface area contributed by atoms with Gasteiger partial charge in [-0.15, -0.1) is 0 Å². The topological polar surface area (TPSA) is 76.2 Å². The number of carbonyl (C=O) groups excluding carboxylic acids is 1. The Kier molecular flexibility index (Phi) is 5.95. The maximum absolute atomic E-state index is 13.9. The molecule has 8 heteroatoms. The van der Waals surface area contributed by atoms with E-state index in [9.17, 15) is 13.6 Å². The molecule has 2 aromatic rings. The largest absolute Gasteiger partial charge is 0.355 e. The van der Waals surface area contributed by atoms with Gasteiger partial charge < -0.3 is 11.1 Å². The van der Waals surface area contributed by atoms with E-state index in [4.69, 9.17) is 5.73 Å². The first kappa shape index (κ1) is 18.5. The molecule has 1 aliphatic heterocycles. The minimum absolute atomic E-state index is 0.0408. The van der Waals surface area contributed by atoms with E-state index in [0.29, 0.717) is 26.2 Å². The van der Waals surface area contributed by atoms with Crippen LogP contribution in [0, 0.1) is 17.6 Å². The van der Waals surface area contributed by atoms with Crippen molar-refractivity contribution >= 4 is 5.91 Å². The van der Waals surface area contributed by atoms with E-state index in [-0.39, 0.29) is 17.5 Å². The molecular formula is C18H23F2N5O. The zero-order chi connectivity index (χ0) is 18.5. The molecule has 1 unspecified atom stereocenters. The highest BCUT2D eigenvalue weighted by Crippen LogP contribution is 2.19. The third-order valence-corrected chi connectivity index (χ3v) is 4.51. The molecule has 0 bridgehead atoms. The van der Waals surface area contributed by atoms with Crippen molar-refractivity contribution in [3.05, 3.63) is 47.8 Å². The molecular weight excluding hydrogens is 340 g/mol. The number of amides is 1. The Morgan fingerprint density at radius 1 is 1.35 bits per heavy atom. The number of benzene rings is 1. The number of nitrogens with zero attached hydrogens (tertiary/aromatic N) is 3. The second-order valence-corrected chi connectivity index (χ2v) is 6.50. The van der Waals surface area contributed by atoms with Crippen LogP contribution in [0.5, 0.6) is 0 Å². The lowest BCUT2D eigenvalue weighted by atomic mass is 9.97. The number of likely N-dealkylation sites (tertiary alicyclic amines) is 1. The molecule has 2 heterocycles. The third kappa shape index (κ3) is 4.44. The molecule has 0 saturated carbocycles. The Balaban J connectivity index is 1.62. The monoisotopic (exact) mass is 363 g/mol. The summed E-state index contributed by atoms with van der Waals surface area (Å²) in [6.45, 7) is 3.05. The zero-order valence-corrected chi connectivity index (χ0v) is 14.5. The Labute approximate surface area is 151 Å². The van der Waals surface area contributed by atoms with E-state index in [2.05, 4.69) is 15.3 Å². The van der Waals surface area contributed by atoms with Gasteiger partial charge in [-0.05, 0) is 37.6 Å². The SMILES string of the molecule is NCCNC(=O)C1CCCN(Cc2ccn(-c3ccc(F)cc3F)n2)C1. The minimum atomic E-state index is -0.658. The highest BCUT2D eigenvalue weighted by atomic mass is 19.1. The lowest BCUT2D eigenvalue weighted by Gasteiger charge is -2.31. The van der Waals surface area contributed by atoms with Crippen LogP contribution in [-0.2, 0) is 11.3 Å². The molecule has 3 N–H and O–H groups in total. The van der Waals surface area contributed by atoms with Crippen LogP contribution < -0.4 is 11.1 Å². The van der Waals surface area contributed by atoms with Gasteiger partial charge in [0.25, 0.3) is 0 Å². The fraction of sp³-hybridized carbons (Fsp3) is 0.444. The molecule has 1 aliphatic rings. The number of nitrogens with one attached hydrogen (secondary N) is 1. The zero-order valence-electron chi connectivity index (χ0n) is 14.5. The quantitative estimate of drug-likeness (QED) is 0.814. The van der Waals surface area contributed by atoms with E-state index < -0.39 is 11.6 Å². The maximum Gasteiger partial charge on any atom is 0.224 e. The summed E-state index contributed by atoms with van der Waals surface area (Å²) in [7, 11) is 0. The number of halogens is 2. The van der Waals surface area contributed by atoms with E-state index in [1.54, 1.807) is 12.3 Å². The van der Waals surface area contributed by atoms with Gasteiger partial charge in [0.2, 0.25) is 5.91 Å². The molecule has 140 valence electrons. The summed E-state index contributed by atoms with van der Waals surface area (Å²) in [5.41, 5.74) is 6.40. The highest BCUT2D eigenvalue weighted by Gasteiger charge is 2.25. The standard InChI is InChI=1S/C18H23F2N5O/c19-14-3-4-17(16(20)10-14)25-9-5-15(23-25)12-24-8-1-2-13(11-24)18(26)22-7-6-21/h3-5,9-10,13H,1-2,6-8,11-12,21H2,(H,22,26). The van der Waals surface area contributed by atoms with E-state index in [0.717, 1.165) is 31.1 Å². The fourth-order valence-electron chi connectivity index (χ4n) is 3.23. The molecule has 1 atom stereocenters. The second-order valence-electron chi connectivity index (χ2n) is 6.50. The van der Waals surface area contributed by atoms with Crippen LogP contribution in [0.25, 0.3) is 5.69 Å². The predicted octanol–water partition coefficient (Wildman–Crippen LogP) is 1.44. The Bertz CT molecular complexity index is 764. The van der Waals surface area contributed by atoms with Crippen LogP contribution in [0.15, 0.2) is 30.5 Å². The number of hydrogen-bond acceptors (Lipinski definition) is 4. The van der Waals surface area contributed by atoms with Crippen LogP contribution in [0.1, 0.15) is 18.5 Å². The van der Waals surface area contributed by atoms with Crippen LogP contribution >= 0.6 is 0 Å². The molecule has 0 radical (unpaired) electrons. The lowest BCUT2D eigenvalue weighted by molar-refractivity contribution is -0.126. The summed E-state index contributed by atoms with van der Waals surface area (Å²) in [6, 6.07) is 5.21. The first-order valence-electron chi connectivity index (χ1n) is 8.77. The predicted molar refractivity (Wildman–Crippen MR) is 93.5 cm³/mol. The summed E-state index contributed by atoms with van der Waals surface area (Å²) in [5, 5.41) is 7.22. The molecule has 1 aromatic heterocycles. The van der Waals surface area contributed by atoms with Crippen molar-refractivity contribution in [1.29, 1.82) is 0 Å². The summed E-state index contributed by atoms with van der Waals surface area (Å²) >= 11 is 0. The molecule has 0 aliphatic carbocycles. The summed E-state index contributed by atoms with van der Waals surface area (Å²) in [4.78, 5) is 14.3. The van der Waals surface area contributed by atoms with Crippen LogP contribution in [-0.4, -0.2) is 46.8 Å². The third-order valence-electron chi connectivity index (χ3n) is 4.51. The van der Waals surface area contributed by atoms with Crippen molar-refractivity contribution in [3.8, 4) is 5.69 Å². The first-order valence-corrected chi connectivity index (χ1v) is 8.77. The summed E-state index contributed by atoms with van der Waals surface area (Å²) < 4.78 is 28.3. The lowest BCUT2D eigenvalue weighted by Crippen LogP contribution is -2.43. The smallest absolute Gasteiger partial charge is 0.224 e. The molecule has 3 rings (SSSR count). The second kappa shape index (κ2) is 8.37. The summed E-state index contributed by atoms with van der Waals surface area (Å²) in [6.07, 6.45) is 3.46. The van der Waals surface area contributed by atoms with Gasteiger partial charge in [0, 0.05) is 38.4 Å². The van der Waals surface area contributed by atoms with Crippen molar-refractivity contribution in [2.45, 2.75) is 19.4 Å². The number of piperidine rings is 1. The Morgan fingerprint density at radius 2 is 2.19 bits per heavy atom. The molecule has 6 nitrogen and oxygen atoms in total. The highest BCUT2D eigenvalue weighted by molar-refractivity contribution is 5.78. The number of nitrogens with two attached hydrogens (primary N) is 1. The average molecular weight is 363 g/mol. The normalized spacial score (nSPS) is 18.0. The molecule has 1 fully saturated rings. The van der Waals surface area contributed by atoms with Crippen molar-refractivity contribution in [2.24, 2.45) is 11.7 Å². The number of carbonyl (C=O) groups is 1. The summed E-state index contributed by atoms with van der Waals surface area (Å²) in [5.74, 6) is -1.29. The van der Waals surface area contributed by atoms with E-state index in [1.165, 1.54) is 16.8 Å². The Hall–Kier alpha value is -2.32. The van der Waals surface area contributed by atoms with Crippen LogP contribution in [0.4, 0.5) is 8.78 Å². The first-order chi connectivity index (χ1) is 12.6. The van der Waals surface area contributed by atoms with Gasteiger partial charge in [-0.2, -0.15) is 5.10 Å². The van der Waals surface area contributed by atoms with Gasteiger partial charge in [0.15, 0.2) is 5.82 Å². The molecule has 26 heavy (non-hydrogen) atoms. The van der Waals surface area contributed by atoms with Gasteiger partial charge in [-0.3, -0.25) is 9.69 Å². The van der Waals surface area contributed by atoms with Crippen molar-refractivity contribution in [2.75, 3.05) is 26.2 Å². The van der Waals surface area contributed by atoms with Gasteiger partial charge in [0.05, 0.1) is 11.6 Å². The average Bonchev–Trinajstić information content (AvgIpc) is 3.08. The van der Waals surface area contributed by atoms with Crippen molar-refractivity contribution in [1.82, 2.24) is 20.0 Å². The van der Waals surface area contributed by atoms with E-state index >= 15 is 0 Å². The van der Waals surface area contributed by atoms with Crippen LogP contribution in [0.3, 0.4) is 0 Å². The number of hydrogen-bond donors (Lipinski definition) is 2. The Morgan fingerprint density at radius 3 is 2.96 bits per heavy atom. The molecule has 1 aromatic carbocycles. The van der Waals surface area contributed by atoms with Gasteiger partial charge in [0.1, 0.15) is 11.5 Å². The molecule has 1 amide bonds. The van der Waals surface area contributed by atoms with Crippen molar-refractivity contribution < 1.29 is 13.6 Å². The molecule has 0 spiro atoms. The minimum Gasteiger partial charge on any atom is -0.355 e. The van der Waals surface area contributed by atoms with E-state index in [1.807, 2.05) is 0 Å². The van der Waals surface area contributed by atoms with Crippen LogP contribution in [0.2, 0.25) is 0 Å². The number of aromatic nitrogens is 2.